The molecule has 1 aliphatic rings. The minimum absolute atomic E-state index is 0.0181. The molecule has 0 radical (unpaired) electrons. The zero-order valence-corrected chi connectivity index (χ0v) is 19.4. The van der Waals surface area contributed by atoms with Crippen molar-refractivity contribution in [3.8, 4) is 0 Å². The molecule has 0 aliphatic carbocycles. The molecule has 0 saturated carbocycles. The van der Waals surface area contributed by atoms with Crippen molar-refractivity contribution in [3.05, 3.63) is 107 Å². The van der Waals surface area contributed by atoms with Crippen LogP contribution in [-0.2, 0) is 28.7 Å². The van der Waals surface area contributed by atoms with E-state index in [1.807, 2.05) is 60.4 Å². The first-order chi connectivity index (χ1) is 16.7. The summed E-state index contributed by atoms with van der Waals surface area (Å²) in [6, 6.07) is 22.5. The van der Waals surface area contributed by atoms with Gasteiger partial charge in [0, 0.05) is 25.4 Å². The molecule has 4 nitrogen and oxygen atoms in total. The monoisotopic (exact) mass is 480 g/mol. The van der Waals surface area contributed by atoms with E-state index in [-0.39, 0.29) is 43.3 Å². The molecule has 7 heteroatoms. The zero-order valence-electron chi connectivity index (χ0n) is 19.4. The number of fused-ring (bicyclic) bond motifs is 1. The molecule has 3 aromatic carbocycles. The molecule has 2 atom stereocenters. The summed E-state index contributed by atoms with van der Waals surface area (Å²) in [5.74, 6) is -0.507. The first-order valence-electron chi connectivity index (χ1n) is 11.6. The smallest absolute Gasteiger partial charge is 0.352 e. The number of carbonyl (C=O) groups is 2. The third-order valence-electron chi connectivity index (χ3n) is 6.33. The molecule has 3 aromatic rings. The van der Waals surface area contributed by atoms with Crippen LogP contribution >= 0.6 is 0 Å². The Morgan fingerprint density at radius 2 is 1.66 bits per heavy atom. The van der Waals surface area contributed by atoms with E-state index in [1.165, 1.54) is 17.7 Å². The molecule has 0 aromatic heterocycles. The fraction of sp³-hybridized carbons (Fsp3) is 0.286. The highest BCUT2D eigenvalue weighted by atomic mass is 19.4. The number of hydrogen-bond acceptors (Lipinski definition) is 2. The van der Waals surface area contributed by atoms with E-state index in [0.717, 1.165) is 29.7 Å². The summed E-state index contributed by atoms with van der Waals surface area (Å²) in [6.07, 6.45) is -3.73. The quantitative estimate of drug-likeness (QED) is 0.495. The van der Waals surface area contributed by atoms with Crippen molar-refractivity contribution >= 4 is 11.8 Å². The molecule has 35 heavy (non-hydrogen) atoms. The van der Waals surface area contributed by atoms with Crippen LogP contribution in [0.15, 0.2) is 78.9 Å². The van der Waals surface area contributed by atoms with E-state index in [1.54, 1.807) is 0 Å². The fourth-order valence-corrected chi connectivity index (χ4v) is 4.67. The fourth-order valence-electron chi connectivity index (χ4n) is 4.67. The van der Waals surface area contributed by atoms with Gasteiger partial charge in [0.05, 0.1) is 11.6 Å². The Kier molecular flexibility index (Phi) is 7.24. The maximum Gasteiger partial charge on any atom is 0.416 e. The lowest BCUT2D eigenvalue weighted by molar-refractivity contribution is -0.138. The van der Waals surface area contributed by atoms with Crippen LogP contribution in [-0.4, -0.2) is 22.8 Å². The Morgan fingerprint density at radius 1 is 0.943 bits per heavy atom. The van der Waals surface area contributed by atoms with Gasteiger partial charge in [-0.2, -0.15) is 13.2 Å². The second-order valence-electron chi connectivity index (χ2n) is 8.84. The summed E-state index contributed by atoms with van der Waals surface area (Å²) >= 11 is 0. The van der Waals surface area contributed by atoms with Crippen LogP contribution in [0.3, 0.4) is 0 Å². The summed E-state index contributed by atoms with van der Waals surface area (Å²) in [7, 11) is 0. The lowest BCUT2D eigenvalue weighted by Gasteiger charge is -2.42. The van der Waals surface area contributed by atoms with Crippen molar-refractivity contribution in [3.63, 3.8) is 0 Å². The van der Waals surface area contributed by atoms with Gasteiger partial charge in [0.2, 0.25) is 11.8 Å². The molecule has 0 fully saturated rings. The van der Waals surface area contributed by atoms with E-state index in [9.17, 15) is 22.8 Å². The molecule has 182 valence electrons. The highest BCUT2D eigenvalue weighted by Crippen LogP contribution is 2.38. The van der Waals surface area contributed by atoms with Gasteiger partial charge in [-0.05, 0) is 47.7 Å². The Balaban J connectivity index is 1.43. The van der Waals surface area contributed by atoms with Gasteiger partial charge in [0.1, 0.15) is 0 Å². The van der Waals surface area contributed by atoms with Crippen LogP contribution in [0, 0.1) is 0 Å². The minimum atomic E-state index is -4.44. The van der Waals surface area contributed by atoms with Crippen LogP contribution in [0.1, 0.15) is 53.6 Å². The van der Waals surface area contributed by atoms with Crippen LogP contribution in [0.5, 0.6) is 0 Å². The van der Waals surface area contributed by atoms with Crippen molar-refractivity contribution in [2.45, 2.75) is 51.0 Å². The van der Waals surface area contributed by atoms with Crippen LogP contribution in [0.2, 0.25) is 0 Å². The van der Waals surface area contributed by atoms with Gasteiger partial charge in [-0.3, -0.25) is 9.59 Å². The summed E-state index contributed by atoms with van der Waals surface area (Å²) in [5.41, 5.74) is 2.89. The molecule has 0 bridgehead atoms. The third-order valence-corrected chi connectivity index (χ3v) is 6.33. The Labute approximate surface area is 202 Å². The minimum Gasteiger partial charge on any atom is -0.352 e. The van der Waals surface area contributed by atoms with Crippen molar-refractivity contribution in [2.24, 2.45) is 0 Å². The molecule has 1 N–H and O–H groups in total. The summed E-state index contributed by atoms with van der Waals surface area (Å²) in [6.45, 7) is 1.98. The highest BCUT2D eigenvalue weighted by Gasteiger charge is 2.36. The molecule has 0 saturated heterocycles. The third kappa shape index (κ3) is 5.73. The van der Waals surface area contributed by atoms with Gasteiger partial charge >= 0.3 is 6.18 Å². The maximum absolute atomic E-state index is 13.4. The predicted octanol–water partition coefficient (Wildman–Crippen LogP) is 5.66. The molecular formula is C28H27F3N2O2. The molecule has 0 spiro atoms. The van der Waals surface area contributed by atoms with Crippen molar-refractivity contribution in [1.29, 1.82) is 0 Å². The standard InChI is InChI=1S/C28H27F3N2O2/c1-19-16-22-11-5-6-13-24(22)27(21-9-3-2-4-10-21)33(19)26(35)15-14-25(34)32-18-20-8-7-12-23(17-20)28(29,30)31/h2-13,17,19,27H,14-16,18H2,1H3,(H,32,34). The Hall–Kier alpha value is -3.61. The van der Waals surface area contributed by atoms with Crippen LogP contribution in [0.25, 0.3) is 0 Å². The highest BCUT2D eigenvalue weighted by molar-refractivity contribution is 5.84. The SMILES string of the molecule is CC1Cc2ccccc2C(c2ccccc2)N1C(=O)CCC(=O)NCc1cccc(C(F)(F)F)c1. The van der Waals surface area contributed by atoms with Crippen molar-refractivity contribution < 1.29 is 22.8 Å². The molecule has 1 heterocycles. The average Bonchev–Trinajstić information content (AvgIpc) is 2.85. The lowest BCUT2D eigenvalue weighted by atomic mass is 9.85. The first kappa shape index (κ1) is 24.5. The van der Waals surface area contributed by atoms with Gasteiger partial charge in [-0.1, -0.05) is 66.7 Å². The lowest BCUT2D eigenvalue weighted by Crippen LogP contribution is -2.46. The zero-order chi connectivity index (χ0) is 25.0. The summed E-state index contributed by atoms with van der Waals surface area (Å²) in [4.78, 5) is 27.6. The number of benzene rings is 3. The normalized spacial score (nSPS) is 17.5. The molecule has 2 amide bonds. The van der Waals surface area contributed by atoms with Crippen molar-refractivity contribution in [1.82, 2.24) is 10.2 Å². The number of nitrogens with zero attached hydrogens (tertiary/aromatic N) is 1. The number of halogens is 3. The molecule has 4 rings (SSSR count). The van der Waals surface area contributed by atoms with Gasteiger partial charge in [-0.15, -0.1) is 0 Å². The second-order valence-corrected chi connectivity index (χ2v) is 8.84. The number of rotatable bonds is 6. The van der Waals surface area contributed by atoms with E-state index in [0.29, 0.717) is 5.56 Å². The Morgan fingerprint density at radius 3 is 2.40 bits per heavy atom. The Bertz CT molecular complexity index is 1190. The van der Waals surface area contributed by atoms with Crippen LogP contribution in [0.4, 0.5) is 13.2 Å². The van der Waals surface area contributed by atoms with Gasteiger partial charge in [0.15, 0.2) is 0 Å². The van der Waals surface area contributed by atoms with Gasteiger partial charge < -0.3 is 10.2 Å². The number of hydrogen-bond donors (Lipinski definition) is 1. The van der Waals surface area contributed by atoms with Crippen molar-refractivity contribution in [2.75, 3.05) is 0 Å². The first-order valence-corrected chi connectivity index (χ1v) is 11.6. The summed E-state index contributed by atoms with van der Waals surface area (Å²) in [5, 5.41) is 2.63. The van der Waals surface area contributed by atoms with Gasteiger partial charge in [0.25, 0.3) is 0 Å². The van der Waals surface area contributed by atoms with E-state index in [4.69, 9.17) is 0 Å². The maximum atomic E-state index is 13.4. The molecular weight excluding hydrogens is 453 g/mol. The number of alkyl halides is 3. The number of nitrogens with one attached hydrogen (secondary N) is 1. The molecule has 1 aliphatic heterocycles. The van der Waals surface area contributed by atoms with E-state index in [2.05, 4.69) is 11.4 Å². The second kappa shape index (κ2) is 10.3. The van der Waals surface area contributed by atoms with Gasteiger partial charge in [-0.25, -0.2) is 0 Å². The van der Waals surface area contributed by atoms with Crippen LogP contribution < -0.4 is 5.32 Å². The van der Waals surface area contributed by atoms with E-state index >= 15 is 0 Å². The number of carbonyl (C=O) groups excluding carboxylic acids is 2. The topological polar surface area (TPSA) is 49.4 Å². The predicted molar refractivity (Wildman–Crippen MR) is 127 cm³/mol. The average molecular weight is 481 g/mol. The largest absolute Gasteiger partial charge is 0.416 e. The summed E-state index contributed by atoms with van der Waals surface area (Å²) < 4.78 is 38.7. The molecule has 2 unspecified atom stereocenters. The number of amides is 2. The van der Waals surface area contributed by atoms with E-state index < -0.39 is 11.7 Å².